The molecular weight excluding hydrogens is 220 g/mol. The molecule has 0 spiro atoms. The summed E-state index contributed by atoms with van der Waals surface area (Å²) in [6.07, 6.45) is 2.62. The van der Waals surface area contributed by atoms with E-state index >= 15 is 0 Å². The van der Waals surface area contributed by atoms with Crippen LogP contribution in [0.1, 0.15) is 42.1 Å². The van der Waals surface area contributed by atoms with Crippen LogP contribution < -0.4 is 4.90 Å². The van der Waals surface area contributed by atoms with Crippen LogP contribution in [0, 0.1) is 5.92 Å². The van der Waals surface area contributed by atoms with Gasteiger partial charge in [-0.1, -0.05) is 25.2 Å². The van der Waals surface area contributed by atoms with E-state index in [1.54, 1.807) is 11.3 Å². The van der Waals surface area contributed by atoms with E-state index in [9.17, 15) is 4.79 Å². The van der Waals surface area contributed by atoms with E-state index < -0.39 is 0 Å². The first kappa shape index (κ1) is 11.6. The van der Waals surface area contributed by atoms with E-state index in [-0.39, 0.29) is 5.78 Å². The van der Waals surface area contributed by atoms with Crippen LogP contribution in [0.25, 0.3) is 0 Å². The first-order chi connectivity index (χ1) is 7.58. The van der Waals surface area contributed by atoms with Crippen LogP contribution in [0.5, 0.6) is 0 Å². The second kappa shape index (κ2) is 4.53. The fourth-order valence-corrected chi connectivity index (χ4v) is 3.10. The first-order valence-corrected chi connectivity index (χ1v) is 6.63. The number of nitrogens with zero attached hydrogens (tertiary/aromatic N) is 2. The summed E-state index contributed by atoms with van der Waals surface area (Å²) < 4.78 is 0. The van der Waals surface area contributed by atoms with Crippen molar-refractivity contribution in [2.24, 2.45) is 5.92 Å². The SMILES string of the molecule is CC(C)CN(C)c1nc2c(s1)C(=O)CCC2. The van der Waals surface area contributed by atoms with Gasteiger partial charge in [0.05, 0.1) is 10.6 Å². The van der Waals surface area contributed by atoms with Gasteiger partial charge >= 0.3 is 0 Å². The number of aromatic nitrogens is 1. The van der Waals surface area contributed by atoms with Gasteiger partial charge in [-0.3, -0.25) is 4.79 Å². The van der Waals surface area contributed by atoms with Crippen molar-refractivity contribution in [2.75, 3.05) is 18.5 Å². The number of carbonyl (C=O) groups is 1. The minimum atomic E-state index is 0.281. The van der Waals surface area contributed by atoms with Crippen LogP contribution >= 0.6 is 11.3 Å². The van der Waals surface area contributed by atoms with E-state index in [2.05, 4.69) is 30.8 Å². The zero-order valence-electron chi connectivity index (χ0n) is 10.1. The summed E-state index contributed by atoms with van der Waals surface area (Å²) in [7, 11) is 2.05. The van der Waals surface area contributed by atoms with Crippen molar-refractivity contribution in [1.82, 2.24) is 4.98 Å². The van der Waals surface area contributed by atoms with Crippen LogP contribution in [-0.4, -0.2) is 24.4 Å². The maximum absolute atomic E-state index is 11.7. The molecule has 3 nitrogen and oxygen atoms in total. The largest absolute Gasteiger partial charge is 0.351 e. The fraction of sp³-hybridized carbons (Fsp3) is 0.667. The normalized spacial score (nSPS) is 15.4. The highest BCUT2D eigenvalue weighted by atomic mass is 32.1. The molecule has 0 radical (unpaired) electrons. The summed E-state index contributed by atoms with van der Waals surface area (Å²) in [5.41, 5.74) is 1.02. The number of thiazole rings is 1. The molecule has 88 valence electrons. The van der Waals surface area contributed by atoms with Crippen molar-refractivity contribution in [3.8, 4) is 0 Å². The molecule has 1 heterocycles. The monoisotopic (exact) mass is 238 g/mol. The zero-order chi connectivity index (χ0) is 11.7. The lowest BCUT2D eigenvalue weighted by Crippen LogP contribution is -2.22. The highest BCUT2D eigenvalue weighted by molar-refractivity contribution is 7.17. The standard InChI is InChI=1S/C12H18N2OS/c1-8(2)7-14(3)12-13-9-5-4-6-10(15)11(9)16-12/h8H,4-7H2,1-3H3. The first-order valence-electron chi connectivity index (χ1n) is 5.82. The third-order valence-electron chi connectivity index (χ3n) is 2.72. The Balaban J connectivity index is 2.20. The summed E-state index contributed by atoms with van der Waals surface area (Å²) in [6, 6.07) is 0. The Kier molecular flexibility index (Phi) is 3.28. The highest BCUT2D eigenvalue weighted by Crippen LogP contribution is 2.31. The Morgan fingerprint density at radius 2 is 2.19 bits per heavy atom. The van der Waals surface area contributed by atoms with Gasteiger partial charge in [0.1, 0.15) is 0 Å². The summed E-state index contributed by atoms with van der Waals surface area (Å²) in [6.45, 7) is 5.37. The minimum Gasteiger partial charge on any atom is -0.351 e. The third kappa shape index (κ3) is 2.26. The molecule has 1 aromatic heterocycles. The molecule has 0 aromatic carbocycles. The van der Waals surface area contributed by atoms with E-state index in [0.717, 1.165) is 35.1 Å². The van der Waals surface area contributed by atoms with Gasteiger partial charge in [-0.05, 0) is 18.8 Å². The molecule has 0 aliphatic heterocycles. The van der Waals surface area contributed by atoms with Gasteiger partial charge in [0.15, 0.2) is 10.9 Å². The molecular formula is C12H18N2OS. The molecule has 0 atom stereocenters. The molecule has 0 unspecified atom stereocenters. The Labute approximate surface area is 100 Å². The molecule has 0 fully saturated rings. The molecule has 2 rings (SSSR count). The van der Waals surface area contributed by atoms with Gasteiger partial charge in [0.25, 0.3) is 0 Å². The summed E-state index contributed by atoms with van der Waals surface area (Å²) in [5, 5.41) is 0.994. The molecule has 0 saturated carbocycles. The number of rotatable bonds is 3. The number of aryl methyl sites for hydroxylation is 1. The predicted octanol–water partition coefficient (Wildman–Crippen LogP) is 2.75. The van der Waals surface area contributed by atoms with Crippen molar-refractivity contribution in [3.05, 3.63) is 10.6 Å². The Morgan fingerprint density at radius 1 is 1.44 bits per heavy atom. The predicted molar refractivity (Wildman–Crippen MR) is 67.5 cm³/mol. The van der Waals surface area contributed by atoms with Gasteiger partial charge < -0.3 is 4.90 Å². The smallest absolute Gasteiger partial charge is 0.185 e. The number of hydrogen-bond acceptors (Lipinski definition) is 4. The molecule has 0 N–H and O–H groups in total. The molecule has 4 heteroatoms. The average molecular weight is 238 g/mol. The third-order valence-corrected chi connectivity index (χ3v) is 3.98. The highest BCUT2D eigenvalue weighted by Gasteiger charge is 2.23. The molecule has 1 aromatic rings. The van der Waals surface area contributed by atoms with E-state index in [0.29, 0.717) is 12.3 Å². The molecule has 1 aliphatic carbocycles. The van der Waals surface area contributed by atoms with Crippen LogP contribution in [0.4, 0.5) is 5.13 Å². The number of Topliss-reactive ketones (excluding diaryl/α,β-unsaturated/α-hetero) is 1. The van der Waals surface area contributed by atoms with E-state index in [4.69, 9.17) is 0 Å². The maximum atomic E-state index is 11.7. The lowest BCUT2D eigenvalue weighted by atomic mass is 10.0. The Bertz CT molecular complexity index is 398. The van der Waals surface area contributed by atoms with E-state index in [1.807, 2.05) is 0 Å². The summed E-state index contributed by atoms with van der Waals surface area (Å²) in [4.78, 5) is 19.3. The van der Waals surface area contributed by atoms with Crippen molar-refractivity contribution < 1.29 is 4.79 Å². The lowest BCUT2D eigenvalue weighted by molar-refractivity contribution is 0.0976. The van der Waals surface area contributed by atoms with Gasteiger partial charge in [-0.15, -0.1) is 0 Å². The van der Waals surface area contributed by atoms with Gasteiger partial charge in [0, 0.05) is 20.0 Å². The number of ketones is 1. The minimum absolute atomic E-state index is 0.281. The maximum Gasteiger partial charge on any atom is 0.185 e. The van der Waals surface area contributed by atoms with Crippen LogP contribution in [0.2, 0.25) is 0 Å². The van der Waals surface area contributed by atoms with Crippen molar-refractivity contribution in [2.45, 2.75) is 33.1 Å². The Morgan fingerprint density at radius 3 is 2.81 bits per heavy atom. The summed E-state index contributed by atoms with van der Waals surface area (Å²) in [5.74, 6) is 0.893. The quantitative estimate of drug-likeness (QED) is 0.812. The van der Waals surface area contributed by atoms with Crippen molar-refractivity contribution in [3.63, 3.8) is 0 Å². The van der Waals surface area contributed by atoms with E-state index in [1.165, 1.54) is 0 Å². The summed E-state index contributed by atoms with van der Waals surface area (Å²) >= 11 is 1.56. The lowest BCUT2D eigenvalue weighted by Gasteiger charge is -2.17. The fourth-order valence-electron chi connectivity index (χ4n) is 2.05. The molecule has 16 heavy (non-hydrogen) atoms. The van der Waals surface area contributed by atoms with Gasteiger partial charge in [0.2, 0.25) is 0 Å². The van der Waals surface area contributed by atoms with Crippen molar-refractivity contribution in [1.29, 1.82) is 0 Å². The number of carbonyl (C=O) groups excluding carboxylic acids is 1. The topological polar surface area (TPSA) is 33.2 Å². The zero-order valence-corrected chi connectivity index (χ0v) is 10.9. The second-order valence-corrected chi connectivity index (χ2v) is 5.80. The van der Waals surface area contributed by atoms with Crippen LogP contribution in [-0.2, 0) is 6.42 Å². The van der Waals surface area contributed by atoms with Crippen LogP contribution in [0.3, 0.4) is 0 Å². The molecule has 0 saturated heterocycles. The average Bonchev–Trinajstić information content (AvgIpc) is 2.61. The van der Waals surface area contributed by atoms with Gasteiger partial charge in [-0.2, -0.15) is 0 Å². The van der Waals surface area contributed by atoms with Crippen molar-refractivity contribution >= 4 is 22.3 Å². The second-order valence-electron chi connectivity index (χ2n) is 4.82. The number of fused-ring (bicyclic) bond motifs is 1. The van der Waals surface area contributed by atoms with Crippen LogP contribution in [0.15, 0.2) is 0 Å². The molecule has 0 bridgehead atoms. The number of anilines is 1. The van der Waals surface area contributed by atoms with Gasteiger partial charge in [-0.25, -0.2) is 4.98 Å². The molecule has 0 amide bonds. The number of hydrogen-bond donors (Lipinski definition) is 0. The Hall–Kier alpha value is -0.900. The molecule has 1 aliphatic rings.